The molecular formula is C30H37F2N6O7P. The molecule has 0 aliphatic carbocycles. The fraction of sp³-hybridized carbons (Fsp3) is 0.467. The van der Waals surface area contributed by atoms with Crippen LogP contribution >= 0.6 is 7.75 Å². The lowest BCUT2D eigenvalue weighted by Crippen LogP contribution is -2.47. The summed E-state index contributed by atoms with van der Waals surface area (Å²) < 4.78 is 70.2. The van der Waals surface area contributed by atoms with Gasteiger partial charge >= 0.3 is 13.7 Å². The molecule has 2 aromatic carbocycles. The second-order valence-corrected chi connectivity index (χ2v) is 13.5. The number of aliphatic hydroxyl groups is 1. The standard InChI is InChI=1S/C30H37F2N6O7P/c1-17(2)43-26(39)18(3)36-46(41,45-22-14-10-12-20-11-8-9-13-21(20)22)42-15-30(32)27(40)29(5,31)28(44-30)38-16-33-23-24(37(6)7)34-19(4)35-25(23)38/h8-14,16-18,27-28,40H,15H2,1-7H3,(H,36,41)/t18-,27-,28+,29+,30+,46-/m0/s1. The molecule has 2 aromatic heterocycles. The number of alkyl halides is 2. The van der Waals surface area contributed by atoms with Gasteiger partial charge in [-0.3, -0.25) is 13.9 Å². The Labute approximate surface area is 264 Å². The largest absolute Gasteiger partial charge is 0.462 e. The zero-order chi connectivity index (χ0) is 33.6. The molecule has 13 nitrogen and oxygen atoms in total. The van der Waals surface area contributed by atoms with Gasteiger partial charge in [-0.1, -0.05) is 36.4 Å². The van der Waals surface area contributed by atoms with Crippen LogP contribution in [0.4, 0.5) is 14.6 Å². The molecule has 0 radical (unpaired) electrons. The summed E-state index contributed by atoms with van der Waals surface area (Å²) in [6.45, 7) is 5.99. The number of halogens is 2. The van der Waals surface area contributed by atoms with Crippen molar-refractivity contribution in [1.82, 2.24) is 24.6 Å². The first-order chi connectivity index (χ1) is 21.5. The monoisotopic (exact) mass is 662 g/mol. The molecule has 0 bridgehead atoms. The van der Waals surface area contributed by atoms with Gasteiger partial charge in [0.15, 0.2) is 35.0 Å². The Hall–Kier alpha value is -3.75. The van der Waals surface area contributed by atoms with E-state index in [1.54, 1.807) is 76.2 Å². The summed E-state index contributed by atoms with van der Waals surface area (Å²) in [6, 6.07) is 10.8. The molecule has 0 amide bonds. The van der Waals surface area contributed by atoms with Crippen LogP contribution in [0.2, 0.25) is 0 Å². The molecule has 0 unspecified atom stereocenters. The minimum atomic E-state index is -4.66. The van der Waals surface area contributed by atoms with Crippen LogP contribution in [0.15, 0.2) is 48.8 Å². The van der Waals surface area contributed by atoms with Crippen LogP contribution in [0, 0.1) is 6.92 Å². The molecular weight excluding hydrogens is 625 g/mol. The van der Waals surface area contributed by atoms with Crippen molar-refractivity contribution < 1.29 is 41.8 Å². The predicted molar refractivity (Wildman–Crippen MR) is 166 cm³/mol. The average molecular weight is 663 g/mol. The highest BCUT2D eigenvalue weighted by molar-refractivity contribution is 7.52. The van der Waals surface area contributed by atoms with Gasteiger partial charge in [0.25, 0.3) is 5.85 Å². The molecule has 1 aliphatic rings. The van der Waals surface area contributed by atoms with E-state index in [2.05, 4.69) is 20.0 Å². The highest BCUT2D eigenvalue weighted by atomic mass is 31.2. The van der Waals surface area contributed by atoms with Crippen molar-refractivity contribution >= 4 is 41.5 Å². The van der Waals surface area contributed by atoms with Crippen molar-refractivity contribution in [2.24, 2.45) is 0 Å². The van der Waals surface area contributed by atoms with E-state index in [0.29, 0.717) is 22.5 Å². The number of nitrogens with zero attached hydrogens (tertiary/aromatic N) is 5. The summed E-state index contributed by atoms with van der Waals surface area (Å²) in [5.41, 5.74) is -2.30. The number of aliphatic hydroxyl groups excluding tert-OH is 1. The summed E-state index contributed by atoms with van der Waals surface area (Å²) in [5.74, 6) is -3.13. The van der Waals surface area contributed by atoms with Crippen LogP contribution in [0.3, 0.4) is 0 Å². The number of hydrogen-bond acceptors (Lipinski definition) is 11. The third-order valence-corrected chi connectivity index (χ3v) is 8.99. The third-order valence-electron chi connectivity index (χ3n) is 7.38. The van der Waals surface area contributed by atoms with E-state index in [0.717, 1.165) is 16.9 Å². The number of benzene rings is 2. The van der Waals surface area contributed by atoms with Gasteiger partial charge in [0.1, 0.15) is 24.2 Å². The van der Waals surface area contributed by atoms with Crippen molar-refractivity contribution in [1.29, 1.82) is 0 Å². The second-order valence-electron chi connectivity index (χ2n) is 11.8. The Morgan fingerprint density at radius 1 is 1.17 bits per heavy atom. The molecule has 1 saturated heterocycles. The van der Waals surface area contributed by atoms with E-state index in [1.807, 2.05) is 0 Å². The lowest BCUT2D eigenvalue weighted by Gasteiger charge is -2.28. The van der Waals surface area contributed by atoms with Crippen LogP contribution in [-0.4, -0.2) is 81.1 Å². The molecule has 248 valence electrons. The van der Waals surface area contributed by atoms with Crippen molar-refractivity contribution in [2.45, 2.75) is 70.6 Å². The smallest absolute Gasteiger partial charge is 0.459 e. The van der Waals surface area contributed by atoms with Crippen LogP contribution < -0.4 is 14.5 Å². The van der Waals surface area contributed by atoms with E-state index in [9.17, 15) is 14.5 Å². The lowest BCUT2D eigenvalue weighted by atomic mass is 9.97. The van der Waals surface area contributed by atoms with Gasteiger partial charge in [0.05, 0.1) is 12.4 Å². The first-order valence-electron chi connectivity index (χ1n) is 14.6. The normalized spacial score (nSPS) is 25.1. The second kappa shape index (κ2) is 12.5. The maximum atomic E-state index is 16.5. The Kier molecular flexibility index (Phi) is 9.10. The Morgan fingerprint density at radius 2 is 1.87 bits per heavy atom. The predicted octanol–water partition coefficient (Wildman–Crippen LogP) is 4.77. The number of hydrogen-bond donors (Lipinski definition) is 2. The SMILES string of the molecule is Cc1nc(N(C)C)c2ncn([C@@H]3O[C@](F)(CO[P@@](=O)(N[C@@H](C)C(=O)OC(C)C)Oc4cccc5ccccc45)[C@@H](O)[C@@]3(C)F)c2n1. The van der Waals surface area contributed by atoms with Gasteiger partial charge in [-0.05, 0) is 46.1 Å². The zero-order valence-corrected chi connectivity index (χ0v) is 27.4. The van der Waals surface area contributed by atoms with Gasteiger partial charge in [0, 0.05) is 19.5 Å². The minimum Gasteiger partial charge on any atom is -0.462 e. The number of anilines is 1. The van der Waals surface area contributed by atoms with Crippen molar-refractivity contribution in [3.05, 3.63) is 54.6 Å². The Bertz CT molecular complexity index is 1800. The summed E-state index contributed by atoms with van der Waals surface area (Å²) in [5, 5.41) is 14.7. The lowest BCUT2D eigenvalue weighted by molar-refractivity contribution is -0.202. The van der Waals surface area contributed by atoms with E-state index in [4.69, 9.17) is 18.5 Å². The van der Waals surface area contributed by atoms with E-state index in [1.165, 1.54) is 19.3 Å². The topological polar surface area (TPSA) is 150 Å². The molecule has 0 saturated carbocycles. The van der Waals surface area contributed by atoms with Crippen LogP contribution in [-0.2, 0) is 23.4 Å². The molecule has 2 N–H and O–H groups in total. The van der Waals surface area contributed by atoms with Gasteiger partial charge in [-0.25, -0.2) is 28.3 Å². The fourth-order valence-corrected chi connectivity index (χ4v) is 6.67. The van der Waals surface area contributed by atoms with E-state index >= 15 is 8.78 Å². The number of carbonyl (C=O) groups is 1. The van der Waals surface area contributed by atoms with E-state index in [-0.39, 0.29) is 11.4 Å². The van der Waals surface area contributed by atoms with Crippen LogP contribution in [0.1, 0.15) is 39.7 Å². The number of fused-ring (bicyclic) bond motifs is 2. The van der Waals surface area contributed by atoms with Gasteiger partial charge in [-0.15, -0.1) is 0 Å². The summed E-state index contributed by atoms with van der Waals surface area (Å²) >= 11 is 0. The molecule has 6 atom stereocenters. The van der Waals surface area contributed by atoms with Crippen LogP contribution in [0.5, 0.6) is 5.75 Å². The average Bonchev–Trinajstić information content (AvgIpc) is 3.47. The number of esters is 1. The number of aryl methyl sites for hydroxylation is 1. The van der Waals surface area contributed by atoms with E-state index < -0.39 is 56.3 Å². The third kappa shape index (κ3) is 6.42. The maximum Gasteiger partial charge on any atom is 0.459 e. The van der Waals surface area contributed by atoms with Crippen LogP contribution in [0.25, 0.3) is 21.9 Å². The molecule has 46 heavy (non-hydrogen) atoms. The highest BCUT2D eigenvalue weighted by Gasteiger charge is 2.65. The zero-order valence-electron chi connectivity index (χ0n) is 26.5. The Balaban J connectivity index is 1.46. The summed E-state index contributed by atoms with van der Waals surface area (Å²) in [6.07, 6.45) is -3.45. The molecule has 5 rings (SSSR count). The first-order valence-corrected chi connectivity index (χ1v) is 16.1. The van der Waals surface area contributed by atoms with Crippen molar-refractivity contribution in [2.75, 3.05) is 25.6 Å². The van der Waals surface area contributed by atoms with Gasteiger partial charge in [-0.2, -0.15) is 5.09 Å². The number of imidazole rings is 1. The Morgan fingerprint density at radius 3 is 2.57 bits per heavy atom. The van der Waals surface area contributed by atoms with Crippen molar-refractivity contribution in [3.63, 3.8) is 0 Å². The number of nitrogens with one attached hydrogen (secondary N) is 1. The number of aromatic nitrogens is 4. The minimum absolute atomic E-state index is 0.101. The number of rotatable bonds is 11. The summed E-state index contributed by atoms with van der Waals surface area (Å²) in [4.78, 5) is 27.3. The van der Waals surface area contributed by atoms with Crippen molar-refractivity contribution in [3.8, 4) is 5.75 Å². The van der Waals surface area contributed by atoms with Gasteiger partial charge < -0.3 is 24.0 Å². The fourth-order valence-electron chi connectivity index (χ4n) is 5.15. The molecule has 3 heterocycles. The number of ether oxygens (including phenoxy) is 2. The molecule has 4 aromatic rings. The first kappa shape index (κ1) is 33.6. The molecule has 16 heteroatoms. The molecule has 1 aliphatic heterocycles. The molecule has 1 fully saturated rings. The number of carbonyl (C=O) groups excluding carboxylic acids is 1. The summed E-state index contributed by atoms with van der Waals surface area (Å²) in [7, 11) is -1.16. The molecule has 0 spiro atoms. The highest BCUT2D eigenvalue weighted by Crippen LogP contribution is 2.52. The quantitative estimate of drug-likeness (QED) is 0.168. The maximum absolute atomic E-state index is 16.5. The van der Waals surface area contributed by atoms with Gasteiger partial charge in [0.2, 0.25) is 0 Å².